The number of ether oxygens (including phenoxy) is 1. The third-order valence-corrected chi connectivity index (χ3v) is 4.02. The van der Waals surface area contributed by atoms with Gasteiger partial charge in [0.15, 0.2) is 5.82 Å². The van der Waals surface area contributed by atoms with Crippen LogP contribution >= 0.6 is 0 Å². The molecule has 0 radical (unpaired) electrons. The number of aryl methyl sites for hydroxylation is 2. The first kappa shape index (κ1) is 15.1. The maximum absolute atomic E-state index is 12.1. The van der Waals surface area contributed by atoms with Gasteiger partial charge in [-0.1, -0.05) is 12.1 Å². The average Bonchev–Trinajstić information content (AvgIpc) is 3.09. The quantitative estimate of drug-likeness (QED) is 0.775. The van der Waals surface area contributed by atoms with Crippen LogP contribution in [-0.4, -0.2) is 31.7 Å². The number of H-pyrrole nitrogens is 1. The van der Waals surface area contributed by atoms with Gasteiger partial charge in [-0.3, -0.25) is 9.25 Å². The van der Waals surface area contributed by atoms with Crippen LogP contribution in [0.4, 0.5) is 0 Å². The van der Waals surface area contributed by atoms with Crippen LogP contribution in [0.15, 0.2) is 35.3 Å². The van der Waals surface area contributed by atoms with E-state index in [1.165, 1.54) is 0 Å². The Kier molecular flexibility index (Phi) is 4.01. The Bertz CT molecular complexity index is 857. The zero-order chi connectivity index (χ0) is 16.4. The molecule has 1 N–H and O–H groups in total. The normalized spacial score (nSPS) is 10.9. The van der Waals surface area contributed by atoms with Gasteiger partial charge in [-0.05, 0) is 31.0 Å². The van der Waals surface area contributed by atoms with Crippen molar-refractivity contribution in [3.05, 3.63) is 52.2 Å². The lowest BCUT2D eigenvalue weighted by Crippen LogP contribution is -2.19. The van der Waals surface area contributed by atoms with Crippen LogP contribution in [0.5, 0.6) is 5.75 Å². The molecule has 0 aliphatic rings. The molecule has 0 saturated heterocycles. The highest BCUT2D eigenvalue weighted by Gasteiger charge is 2.15. The van der Waals surface area contributed by atoms with Crippen LogP contribution in [0.1, 0.15) is 11.3 Å². The summed E-state index contributed by atoms with van der Waals surface area (Å²) in [5, 5.41) is 10.9. The Labute approximate surface area is 133 Å². The topological polar surface area (TPSA) is 77.7 Å². The molecule has 0 unspecified atom stereocenters. The molecule has 120 valence electrons. The predicted octanol–water partition coefficient (Wildman–Crippen LogP) is 1.53. The molecule has 0 atom stereocenters. The van der Waals surface area contributed by atoms with Crippen LogP contribution in [-0.2, 0) is 20.0 Å². The van der Waals surface area contributed by atoms with Gasteiger partial charge in [0.05, 0.1) is 18.9 Å². The van der Waals surface area contributed by atoms with Crippen molar-refractivity contribution in [3.8, 4) is 17.1 Å². The third kappa shape index (κ3) is 2.90. The van der Waals surface area contributed by atoms with Crippen molar-refractivity contribution in [1.29, 1.82) is 0 Å². The number of hydrogen-bond acceptors (Lipinski definition) is 4. The molecule has 7 nitrogen and oxygen atoms in total. The van der Waals surface area contributed by atoms with Gasteiger partial charge in [0.2, 0.25) is 0 Å². The molecule has 23 heavy (non-hydrogen) atoms. The Hall–Kier alpha value is -2.83. The van der Waals surface area contributed by atoms with Gasteiger partial charge in [0, 0.05) is 19.3 Å². The van der Waals surface area contributed by atoms with Crippen molar-refractivity contribution in [3.63, 3.8) is 0 Å². The molecular formula is C16H19N5O2. The number of aromatic amines is 1. The standard InChI is InChI=1S/C16H19N5O2/c1-11-14(10-17-20(11)2)15-18-19-16(22)21(15)9-8-12-4-6-13(23-3)7-5-12/h4-7,10H,8-9H2,1-3H3,(H,19,22). The molecule has 0 aliphatic heterocycles. The molecule has 7 heteroatoms. The van der Waals surface area contributed by atoms with E-state index in [9.17, 15) is 4.79 Å². The lowest BCUT2D eigenvalue weighted by molar-refractivity contribution is 0.414. The summed E-state index contributed by atoms with van der Waals surface area (Å²) in [6.45, 7) is 2.50. The SMILES string of the molecule is COc1ccc(CCn2c(-c3cnn(C)c3C)n[nH]c2=O)cc1. The zero-order valence-corrected chi connectivity index (χ0v) is 13.4. The molecule has 3 aromatic rings. The first-order valence-corrected chi connectivity index (χ1v) is 7.37. The van der Waals surface area contributed by atoms with Crippen LogP contribution in [0.3, 0.4) is 0 Å². The summed E-state index contributed by atoms with van der Waals surface area (Å²) in [4.78, 5) is 12.1. The van der Waals surface area contributed by atoms with E-state index in [1.54, 1.807) is 22.6 Å². The van der Waals surface area contributed by atoms with E-state index in [1.807, 2.05) is 38.2 Å². The van der Waals surface area contributed by atoms with E-state index in [0.717, 1.165) is 29.0 Å². The minimum Gasteiger partial charge on any atom is -0.497 e. The third-order valence-electron chi connectivity index (χ3n) is 4.02. The summed E-state index contributed by atoms with van der Waals surface area (Å²) in [5.41, 5.74) is 2.75. The van der Waals surface area contributed by atoms with Crippen molar-refractivity contribution in [2.24, 2.45) is 7.05 Å². The lowest BCUT2D eigenvalue weighted by atomic mass is 10.1. The molecule has 0 fully saturated rings. The fourth-order valence-electron chi connectivity index (χ4n) is 2.48. The number of nitrogens with one attached hydrogen (secondary N) is 1. The van der Waals surface area contributed by atoms with E-state index >= 15 is 0 Å². The highest BCUT2D eigenvalue weighted by molar-refractivity contribution is 5.56. The monoisotopic (exact) mass is 313 g/mol. The molecule has 2 heterocycles. The first-order valence-electron chi connectivity index (χ1n) is 7.37. The molecule has 2 aromatic heterocycles. The highest BCUT2D eigenvalue weighted by Crippen LogP contribution is 2.19. The summed E-state index contributed by atoms with van der Waals surface area (Å²) < 4.78 is 8.56. The molecule has 0 amide bonds. The van der Waals surface area contributed by atoms with Crippen LogP contribution in [0.25, 0.3) is 11.4 Å². The summed E-state index contributed by atoms with van der Waals surface area (Å²) in [5.74, 6) is 1.44. The van der Waals surface area contributed by atoms with Gasteiger partial charge in [-0.15, -0.1) is 0 Å². The molecular weight excluding hydrogens is 294 g/mol. The second kappa shape index (κ2) is 6.12. The van der Waals surface area contributed by atoms with Gasteiger partial charge in [-0.2, -0.15) is 10.2 Å². The smallest absolute Gasteiger partial charge is 0.343 e. The number of hydrogen-bond donors (Lipinski definition) is 1. The van der Waals surface area contributed by atoms with Crippen LogP contribution < -0.4 is 10.4 Å². The lowest BCUT2D eigenvalue weighted by Gasteiger charge is -2.06. The van der Waals surface area contributed by atoms with Gasteiger partial charge in [-0.25, -0.2) is 9.89 Å². The summed E-state index contributed by atoms with van der Waals surface area (Å²) >= 11 is 0. The van der Waals surface area contributed by atoms with Crippen LogP contribution in [0, 0.1) is 6.92 Å². The molecule has 0 aliphatic carbocycles. The first-order chi connectivity index (χ1) is 11.1. The largest absolute Gasteiger partial charge is 0.497 e. The maximum atomic E-state index is 12.1. The van der Waals surface area contributed by atoms with Gasteiger partial charge in [0.1, 0.15) is 5.75 Å². The molecule has 0 spiro atoms. The Balaban J connectivity index is 1.84. The fraction of sp³-hybridized carbons (Fsp3) is 0.312. The van der Waals surface area contributed by atoms with E-state index in [2.05, 4.69) is 15.3 Å². The second-order valence-electron chi connectivity index (χ2n) is 5.37. The Morgan fingerprint density at radius 1 is 1.26 bits per heavy atom. The minimum atomic E-state index is -0.211. The van der Waals surface area contributed by atoms with E-state index in [0.29, 0.717) is 12.4 Å². The zero-order valence-electron chi connectivity index (χ0n) is 13.4. The molecule has 0 saturated carbocycles. The summed E-state index contributed by atoms with van der Waals surface area (Å²) in [6, 6.07) is 7.83. The van der Waals surface area contributed by atoms with Crippen molar-refractivity contribution >= 4 is 0 Å². The van der Waals surface area contributed by atoms with Gasteiger partial charge >= 0.3 is 5.69 Å². The highest BCUT2D eigenvalue weighted by atomic mass is 16.5. The Morgan fingerprint density at radius 3 is 2.61 bits per heavy atom. The summed E-state index contributed by atoms with van der Waals surface area (Å²) in [6.07, 6.45) is 2.46. The average molecular weight is 313 g/mol. The van der Waals surface area contributed by atoms with Gasteiger partial charge in [0.25, 0.3) is 0 Å². The predicted molar refractivity (Wildman–Crippen MR) is 86.5 cm³/mol. The van der Waals surface area contributed by atoms with E-state index < -0.39 is 0 Å². The molecule has 1 aromatic carbocycles. The van der Waals surface area contributed by atoms with Gasteiger partial charge < -0.3 is 4.74 Å². The Morgan fingerprint density at radius 2 is 2.00 bits per heavy atom. The van der Waals surface area contributed by atoms with Crippen molar-refractivity contribution in [2.45, 2.75) is 19.9 Å². The summed E-state index contributed by atoms with van der Waals surface area (Å²) in [7, 11) is 3.51. The van der Waals surface area contributed by atoms with Crippen molar-refractivity contribution < 1.29 is 4.74 Å². The van der Waals surface area contributed by atoms with Crippen molar-refractivity contribution in [2.75, 3.05) is 7.11 Å². The fourth-order valence-corrected chi connectivity index (χ4v) is 2.48. The minimum absolute atomic E-state index is 0.211. The van der Waals surface area contributed by atoms with E-state index in [-0.39, 0.29) is 5.69 Å². The number of aromatic nitrogens is 5. The second-order valence-corrected chi connectivity index (χ2v) is 5.37. The van der Waals surface area contributed by atoms with Crippen LogP contribution in [0.2, 0.25) is 0 Å². The number of methoxy groups -OCH3 is 1. The number of rotatable bonds is 5. The maximum Gasteiger partial charge on any atom is 0.343 e. The molecule has 0 bridgehead atoms. The van der Waals surface area contributed by atoms with Crippen molar-refractivity contribution in [1.82, 2.24) is 24.5 Å². The number of benzene rings is 1. The molecule has 3 rings (SSSR count). The van der Waals surface area contributed by atoms with E-state index in [4.69, 9.17) is 4.74 Å². The number of nitrogens with zero attached hydrogens (tertiary/aromatic N) is 4.